The van der Waals surface area contributed by atoms with E-state index in [9.17, 15) is 4.79 Å². The van der Waals surface area contributed by atoms with E-state index in [2.05, 4.69) is 10.3 Å². The van der Waals surface area contributed by atoms with Gasteiger partial charge in [0.1, 0.15) is 5.52 Å². The number of hydrogen-bond donors (Lipinski definition) is 1. The number of benzene rings is 2. The Labute approximate surface area is 177 Å². The van der Waals surface area contributed by atoms with Gasteiger partial charge in [0.15, 0.2) is 5.58 Å². The number of carbonyl (C=O) groups excluding carboxylic acids is 1. The summed E-state index contributed by atoms with van der Waals surface area (Å²) < 4.78 is 5.96. The highest BCUT2D eigenvalue weighted by molar-refractivity contribution is 5.92. The van der Waals surface area contributed by atoms with Crippen LogP contribution in [-0.2, 0) is 4.79 Å². The van der Waals surface area contributed by atoms with Crippen molar-refractivity contribution in [3.05, 3.63) is 48.0 Å². The van der Waals surface area contributed by atoms with Crippen LogP contribution < -0.4 is 5.32 Å². The Kier molecular flexibility index (Phi) is 4.06. The first kappa shape index (κ1) is 18.2. The third-order valence-corrected chi connectivity index (χ3v) is 7.64. The fraction of sp³-hybridized carbons (Fsp3) is 0.462. The third kappa shape index (κ3) is 3.23. The fourth-order valence-corrected chi connectivity index (χ4v) is 6.94. The van der Waals surface area contributed by atoms with Crippen molar-refractivity contribution < 1.29 is 9.21 Å². The van der Waals surface area contributed by atoms with Gasteiger partial charge in [-0.25, -0.2) is 4.98 Å². The van der Waals surface area contributed by atoms with Crippen molar-refractivity contribution in [2.75, 3.05) is 5.32 Å². The topological polar surface area (TPSA) is 55.1 Å². The van der Waals surface area contributed by atoms with Crippen molar-refractivity contribution in [2.45, 2.75) is 51.9 Å². The summed E-state index contributed by atoms with van der Waals surface area (Å²) in [4.78, 5) is 17.6. The van der Waals surface area contributed by atoms with Gasteiger partial charge in [-0.3, -0.25) is 4.79 Å². The molecule has 154 valence electrons. The van der Waals surface area contributed by atoms with Crippen LogP contribution in [0.25, 0.3) is 22.6 Å². The highest BCUT2D eigenvalue weighted by atomic mass is 16.3. The number of nitrogens with one attached hydrogen (secondary N) is 1. The van der Waals surface area contributed by atoms with Crippen LogP contribution in [0.5, 0.6) is 0 Å². The molecule has 0 saturated heterocycles. The lowest BCUT2D eigenvalue weighted by molar-refractivity contribution is -0.124. The smallest absolute Gasteiger partial charge is 0.227 e. The third-order valence-electron chi connectivity index (χ3n) is 7.64. The van der Waals surface area contributed by atoms with Gasteiger partial charge in [-0.2, -0.15) is 0 Å². The van der Waals surface area contributed by atoms with E-state index < -0.39 is 0 Å². The van der Waals surface area contributed by atoms with Gasteiger partial charge in [0, 0.05) is 17.7 Å². The summed E-state index contributed by atoms with van der Waals surface area (Å²) in [6.07, 6.45) is 8.67. The van der Waals surface area contributed by atoms with Crippen molar-refractivity contribution in [2.24, 2.45) is 23.2 Å². The second-order valence-electron chi connectivity index (χ2n) is 10.2. The summed E-state index contributed by atoms with van der Waals surface area (Å²) >= 11 is 0. The van der Waals surface area contributed by atoms with E-state index in [1.807, 2.05) is 49.4 Å². The molecule has 0 spiro atoms. The van der Waals surface area contributed by atoms with Gasteiger partial charge in [-0.05, 0) is 105 Å². The summed E-state index contributed by atoms with van der Waals surface area (Å²) in [5, 5.41) is 3.16. The summed E-state index contributed by atoms with van der Waals surface area (Å²) in [7, 11) is 0. The SMILES string of the molecule is Cc1ccc2nc(-c3cccc(NC(=O)CC45CC6CC(CC(C6)C4)C5)c3)oc2c1. The first-order chi connectivity index (χ1) is 14.5. The maximum Gasteiger partial charge on any atom is 0.227 e. The molecule has 0 aliphatic heterocycles. The average Bonchev–Trinajstić information content (AvgIpc) is 3.10. The number of amides is 1. The predicted molar refractivity (Wildman–Crippen MR) is 118 cm³/mol. The number of aryl methyl sites for hydroxylation is 1. The number of oxazole rings is 1. The number of hydrogen-bond acceptors (Lipinski definition) is 3. The molecule has 1 N–H and O–H groups in total. The number of anilines is 1. The zero-order valence-electron chi connectivity index (χ0n) is 17.5. The van der Waals surface area contributed by atoms with E-state index in [4.69, 9.17) is 4.42 Å². The Morgan fingerprint density at radius 1 is 1.07 bits per heavy atom. The van der Waals surface area contributed by atoms with Crippen LogP contribution >= 0.6 is 0 Å². The van der Waals surface area contributed by atoms with Crippen molar-refractivity contribution in [1.29, 1.82) is 0 Å². The van der Waals surface area contributed by atoms with Crippen LogP contribution in [0.15, 0.2) is 46.9 Å². The van der Waals surface area contributed by atoms with E-state index >= 15 is 0 Å². The second-order valence-corrected chi connectivity index (χ2v) is 10.2. The molecule has 4 aliphatic rings. The van der Waals surface area contributed by atoms with E-state index in [-0.39, 0.29) is 11.3 Å². The molecule has 4 aliphatic carbocycles. The predicted octanol–water partition coefficient (Wildman–Crippen LogP) is 6.35. The molecule has 3 aromatic rings. The van der Waals surface area contributed by atoms with Crippen LogP contribution in [0.4, 0.5) is 5.69 Å². The minimum atomic E-state index is 0.155. The first-order valence-corrected chi connectivity index (χ1v) is 11.3. The maximum absolute atomic E-state index is 13.0. The number of carbonyl (C=O) groups is 1. The van der Waals surface area contributed by atoms with Gasteiger partial charge in [0.2, 0.25) is 11.8 Å². The van der Waals surface area contributed by atoms with Crippen LogP contribution in [0.3, 0.4) is 0 Å². The van der Waals surface area contributed by atoms with Crippen molar-refractivity contribution >= 4 is 22.7 Å². The van der Waals surface area contributed by atoms with Gasteiger partial charge in [-0.15, -0.1) is 0 Å². The second kappa shape index (κ2) is 6.69. The molecule has 4 saturated carbocycles. The Morgan fingerprint density at radius 3 is 2.53 bits per heavy atom. The Balaban J connectivity index is 1.19. The number of fused-ring (bicyclic) bond motifs is 1. The van der Waals surface area contributed by atoms with Gasteiger partial charge in [0.25, 0.3) is 0 Å². The van der Waals surface area contributed by atoms with E-state index in [1.54, 1.807) is 0 Å². The first-order valence-electron chi connectivity index (χ1n) is 11.3. The molecule has 4 nitrogen and oxygen atoms in total. The zero-order valence-corrected chi connectivity index (χ0v) is 17.5. The highest BCUT2D eigenvalue weighted by Crippen LogP contribution is 2.61. The van der Waals surface area contributed by atoms with Crippen LogP contribution in [0, 0.1) is 30.1 Å². The van der Waals surface area contributed by atoms with Gasteiger partial charge < -0.3 is 9.73 Å². The lowest BCUT2D eigenvalue weighted by Gasteiger charge is -2.56. The van der Waals surface area contributed by atoms with Crippen molar-refractivity contribution in [3.8, 4) is 11.5 Å². The van der Waals surface area contributed by atoms with Crippen LogP contribution in [0.1, 0.15) is 50.5 Å². The minimum absolute atomic E-state index is 0.155. The lowest BCUT2D eigenvalue weighted by Crippen LogP contribution is -2.47. The molecule has 2 aromatic carbocycles. The van der Waals surface area contributed by atoms with Gasteiger partial charge >= 0.3 is 0 Å². The van der Waals surface area contributed by atoms with E-state index in [0.29, 0.717) is 12.3 Å². The van der Waals surface area contributed by atoms with Gasteiger partial charge in [-0.1, -0.05) is 12.1 Å². The average molecular weight is 401 g/mol. The molecule has 1 heterocycles. The standard InChI is InChI=1S/C26H28N2O2/c1-16-5-6-22-23(7-16)30-25(28-22)20-3-2-4-21(11-20)27-24(29)15-26-12-17-8-18(13-26)10-19(9-17)14-26/h2-7,11,17-19H,8-10,12-15H2,1H3,(H,27,29). The summed E-state index contributed by atoms with van der Waals surface area (Å²) in [6.45, 7) is 2.04. The van der Waals surface area contributed by atoms with E-state index in [1.165, 1.54) is 38.5 Å². The minimum Gasteiger partial charge on any atom is -0.436 e. The van der Waals surface area contributed by atoms with Gasteiger partial charge in [0.05, 0.1) is 0 Å². The summed E-state index contributed by atoms with van der Waals surface area (Å²) in [5.41, 5.74) is 4.76. The monoisotopic (exact) mass is 400 g/mol. The van der Waals surface area contributed by atoms with Crippen molar-refractivity contribution in [3.63, 3.8) is 0 Å². The van der Waals surface area contributed by atoms with Crippen molar-refractivity contribution in [1.82, 2.24) is 4.98 Å². The number of aromatic nitrogens is 1. The zero-order chi connectivity index (χ0) is 20.3. The largest absolute Gasteiger partial charge is 0.436 e. The number of nitrogens with zero attached hydrogens (tertiary/aromatic N) is 1. The normalized spacial score (nSPS) is 29.4. The lowest BCUT2D eigenvalue weighted by atomic mass is 9.49. The molecule has 1 amide bonds. The molecule has 1 aromatic heterocycles. The molecule has 0 atom stereocenters. The molecule has 0 unspecified atom stereocenters. The molecule has 30 heavy (non-hydrogen) atoms. The summed E-state index contributed by atoms with van der Waals surface area (Å²) in [6, 6.07) is 13.9. The maximum atomic E-state index is 13.0. The number of rotatable bonds is 4. The van der Waals surface area contributed by atoms with Crippen LogP contribution in [0.2, 0.25) is 0 Å². The fourth-order valence-electron chi connectivity index (χ4n) is 6.94. The molecule has 7 rings (SSSR count). The molecule has 4 heteroatoms. The molecule has 4 bridgehead atoms. The quantitative estimate of drug-likeness (QED) is 0.555. The molecular weight excluding hydrogens is 372 g/mol. The Morgan fingerprint density at radius 2 is 1.80 bits per heavy atom. The Bertz CT molecular complexity index is 1090. The molecular formula is C26H28N2O2. The molecule has 4 fully saturated rings. The summed E-state index contributed by atoms with van der Waals surface area (Å²) in [5.74, 6) is 3.36. The molecule has 0 radical (unpaired) electrons. The Hall–Kier alpha value is -2.62. The highest BCUT2D eigenvalue weighted by Gasteiger charge is 2.51. The van der Waals surface area contributed by atoms with Crippen LogP contribution in [-0.4, -0.2) is 10.9 Å². The van der Waals surface area contributed by atoms with E-state index in [0.717, 1.165) is 45.7 Å².